The SMILES string of the molecule is CCOc1ccc(NC(=S)NC2(c3ccccc3)CCCC2)cc1. The first-order valence-electron chi connectivity index (χ1n) is 8.59. The molecule has 0 unspecified atom stereocenters. The van der Waals surface area contributed by atoms with Crippen LogP contribution >= 0.6 is 12.2 Å². The van der Waals surface area contributed by atoms with Gasteiger partial charge in [-0.15, -0.1) is 0 Å². The molecule has 0 aliphatic heterocycles. The van der Waals surface area contributed by atoms with Crippen molar-refractivity contribution in [2.45, 2.75) is 38.1 Å². The Labute approximate surface area is 149 Å². The summed E-state index contributed by atoms with van der Waals surface area (Å²) in [6, 6.07) is 18.5. The average molecular weight is 340 g/mol. The fourth-order valence-electron chi connectivity index (χ4n) is 3.40. The van der Waals surface area contributed by atoms with Crippen LogP contribution in [0.5, 0.6) is 5.75 Å². The number of anilines is 1. The molecule has 3 nitrogen and oxygen atoms in total. The summed E-state index contributed by atoms with van der Waals surface area (Å²) in [6.45, 7) is 2.65. The van der Waals surface area contributed by atoms with E-state index in [-0.39, 0.29) is 5.54 Å². The summed E-state index contributed by atoms with van der Waals surface area (Å²) in [5.41, 5.74) is 2.24. The largest absolute Gasteiger partial charge is 0.494 e. The smallest absolute Gasteiger partial charge is 0.171 e. The highest BCUT2D eigenvalue weighted by atomic mass is 32.1. The topological polar surface area (TPSA) is 33.3 Å². The van der Waals surface area contributed by atoms with Gasteiger partial charge in [0, 0.05) is 5.69 Å². The molecule has 0 aromatic heterocycles. The van der Waals surface area contributed by atoms with Crippen LogP contribution in [0.3, 0.4) is 0 Å². The van der Waals surface area contributed by atoms with Crippen LogP contribution in [0.25, 0.3) is 0 Å². The van der Waals surface area contributed by atoms with Crippen molar-refractivity contribution >= 4 is 23.0 Å². The second-order valence-corrected chi connectivity index (χ2v) is 6.60. The van der Waals surface area contributed by atoms with Gasteiger partial charge in [-0.2, -0.15) is 0 Å². The zero-order chi connectivity index (χ0) is 16.8. The summed E-state index contributed by atoms with van der Waals surface area (Å²) in [7, 11) is 0. The highest BCUT2D eigenvalue weighted by Crippen LogP contribution is 2.38. The van der Waals surface area contributed by atoms with E-state index >= 15 is 0 Å². The van der Waals surface area contributed by atoms with E-state index in [0.717, 1.165) is 24.3 Å². The zero-order valence-corrected chi connectivity index (χ0v) is 14.9. The third-order valence-corrected chi connectivity index (χ3v) is 4.76. The van der Waals surface area contributed by atoms with Crippen molar-refractivity contribution in [2.75, 3.05) is 11.9 Å². The molecule has 1 aliphatic rings. The second-order valence-electron chi connectivity index (χ2n) is 6.19. The van der Waals surface area contributed by atoms with Gasteiger partial charge in [0.05, 0.1) is 12.1 Å². The first kappa shape index (κ1) is 16.8. The van der Waals surface area contributed by atoms with E-state index < -0.39 is 0 Å². The maximum Gasteiger partial charge on any atom is 0.171 e. The molecule has 0 spiro atoms. The summed E-state index contributed by atoms with van der Waals surface area (Å²) in [5.74, 6) is 0.874. The van der Waals surface area contributed by atoms with E-state index in [4.69, 9.17) is 17.0 Å². The summed E-state index contributed by atoms with van der Waals surface area (Å²) in [5, 5.41) is 7.55. The monoisotopic (exact) mass is 340 g/mol. The standard InChI is InChI=1S/C20H24N2OS/c1-2-23-18-12-10-17(11-13-18)21-19(24)22-20(14-6-7-15-20)16-8-4-3-5-9-16/h3-5,8-13H,2,6-7,14-15H2,1H3,(H2,21,22,24). The lowest BCUT2D eigenvalue weighted by Crippen LogP contribution is -2.45. The molecule has 0 atom stereocenters. The first-order chi connectivity index (χ1) is 11.7. The van der Waals surface area contributed by atoms with Crippen molar-refractivity contribution in [3.05, 3.63) is 60.2 Å². The maximum atomic E-state index is 5.58. The Hall–Kier alpha value is -2.07. The maximum absolute atomic E-state index is 5.58. The fraction of sp³-hybridized carbons (Fsp3) is 0.350. The molecule has 0 amide bonds. The van der Waals surface area contributed by atoms with Crippen LogP contribution in [-0.4, -0.2) is 11.7 Å². The van der Waals surface area contributed by atoms with Gasteiger partial charge in [-0.1, -0.05) is 43.2 Å². The molecule has 24 heavy (non-hydrogen) atoms. The van der Waals surface area contributed by atoms with Gasteiger partial charge >= 0.3 is 0 Å². The van der Waals surface area contributed by atoms with Crippen molar-refractivity contribution in [1.29, 1.82) is 0 Å². The number of hydrogen-bond donors (Lipinski definition) is 2. The van der Waals surface area contributed by atoms with E-state index in [9.17, 15) is 0 Å². The molecule has 1 fully saturated rings. The molecule has 4 heteroatoms. The van der Waals surface area contributed by atoms with Crippen molar-refractivity contribution in [3.8, 4) is 5.75 Å². The quantitative estimate of drug-likeness (QED) is 0.763. The molecule has 126 valence electrons. The van der Waals surface area contributed by atoms with Crippen LogP contribution < -0.4 is 15.4 Å². The van der Waals surface area contributed by atoms with Crippen LogP contribution in [0, 0.1) is 0 Å². The second kappa shape index (κ2) is 7.67. The number of thiocarbonyl (C=S) groups is 1. The zero-order valence-electron chi connectivity index (χ0n) is 14.0. The molecule has 3 rings (SSSR count). The molecular weight excluding hydrogens is 316 g/mol. The number of hydrogen-bond acceptors (Lipinski definition) is 2. The van der Waals surface area contributed by atoms with Crippen LogP contribution in [-0.2, 0) is 5.54 Å². The van der Waals surface area contributed by atoms with Gasteiger partial charge in [0.1, 0.15) is 5.75 Å². The van der Waals surface area contributed by atoms with Gasteiger partial charge in [-0.05, 0) is 61.8 Å². The molecule has 2 aromatic carbocycles. The lowest BCUT2D eigenvalue weighted by molar-refractivity contribution is 0.340. The van der Waals surface area contributed by atoms with Crippen molar-refractivity contribution in [3.63, 3.8) is 0 Å². The molecular formula is C20H24N2OS. The van der Waals surface area contributed by atoms with E-state index in [1.165, 1.54) is 18.4 Å². The van der Waals surface area contributed by atoms with E-state index in [0.29, 0.717) is 11.7 Å². The van der Waals surface area contributed by atoms with Gasteiger partial charge in [-0.3, -0.25) is 0 Å². The Bertz CT molecular complexity index is 664. The molecule has 0 bridgehead atoms. The first-order valence-corrected chi connectivity index (χ1v) is 9.00. The van der Waals surface area contributed by atoms with Crippen molar-refractivity contribution < 1.29 is 4.74 Å². The summed E-state index contributed by atoms with van der Waals surface area (Å²) in [6.07, 6.45) is 4.69. The predicted molar refractivity (Wildman–Crippen MR) is 104 cm³/mol. The van der Waals surface area contributed by atoms with Gasteiger partial charge in [0.2, 0.25) is 0 Å². The number of benzene rings is 2. The predicted octanol–water partition coefficient (Wildman–Crippen LogP) is 4.84. The minimum Gasteiger partial charge on any atom is -0.494 e. The normalized spacial score (nSPS) is 15.7. The van der Waals surface area contributed by atoms with Crippen LogP contribution in [0.1, 0.15) is 38.2 Å². The number of nitrogens with one attached hydrogen (secondary N) is 2. The molecule has 2 aromatic rings. The number of rotatable bonds is 5. The highest BCUT2D eigenvalue weighted by Gasteiger charge is 2.36. The Kier molecular flexibility index (Phi) is 5.36. The number of ether oxygens (including phenoxy) is 1. The molecule has 0 saturated heterocycles. The van der Waals surface area contributed by atoms with E-state index in [2.05, 4.69) is 41.0 Å². The Balaban J connectivity index is 1.68. The molecule has 1 aliphatic carbocycles. The summed E-state index contributed by atoms with van der Waals surface area (Å²) < 4.78 is 5.47. The van der Waals surface area contributed by atoms with Crippen LogP contribution in [0.2, 0.25) is 0 Å². The van der Waals surface area contributed by atoms with Gasteiger partial charge < -0.3 is 15.4 Å². The minimum absolute atomic E-state index is 0.0450. The molecule has 0 heterocycles. The van der Waals surface area contributed by atoms with E-state index in [1.54, 1.807) is 0 Å². The average Bonchev–Trinajstić information content (AvgIpc) is 3.07. The van der Waals surface area contributed by atoms with E-state index in [1.807, 2.05) is 31.2 Å². The van der Waals surface area contributed by atoms with Crippen LogP contribution in [0.4, 0.5) is 5.69 Å². The van der Waals surface area contributed by atoms with Crippen LogP contribution in [0.15, 0.2) is 54.6 Å². The summed E-state index contributed by atoms with van der Waals surface area (Å²) >= 11 is 5.58. The molecule has 1 saturated carbocycles. The highest BCUT2D eigenvalue weighted by molar-refractivity contribution is 7.80. The lowest BCUT2D eigenvalue weighted by atomic mass is 9.88. The summed E-state index contributed by atoms with van der Waals surface area (Å²) in [4.78, 5) is 0. The lowest BCUT2D eigenvalue weighted by Gasteiger charge is -2.32. The molecule has 0 radical (unpaired) electrons. The Morgan fingerprint density at radius 2 is 1.71 bits per heavy atom. The van der Waals surface area contributed by atoms with Crippen molar-refractivity contribution in [2.24, 2.45) is 0 Å². The Morgan fingerprint density at radius 3 is 2.33 bits per heavy atom. The third-order valence-electron chi connectivity index (χ3n) is 4.56. The fourth-order valence-corrected chi connectivity index (χ4v) is 3.72. The Morgan fingerprint density at radius 1 is 1.04 bits per heavy atom. The molecule has 2 N–H and O–H groups in total. The van der Waals surface area contributed by atoms with Gasteiger partial charge in [-0.25, -0.2) is 0 Å². The minimum atomic E-state index is -0.0450. The van der Waals surface area contributed by atoms with Gasteiger partial charge in [0.15, 0.2) is 5.11 Å². The third kappa shape index (κ3) is 3.88. The van der Waals surface area contributed by atoms with Gasteiger partial charge in [0.25, 0.3) is 0 Å². The van der Waals surface area contributed by atoms with Crippen molar-refractivity contribution in [1.82, 2.24) is 5.32 Å².